The fourth-order valence-electron chi connectivity index (χ4n) is 2.31. The molecule has 0 aliphatic carbocycles. The van der Waals surface area contributed by atoms with E-state index in [1.807, 2.05) is 25.1 Å². The molecule has 0 saturated carbocycles. The normalized spacial score (nSPS) is 20.4. The molecule has 1 saturated heterocycles. The number of benzene rings is 1. The van der Waals surface area contributed by atoms with Crippen LogP contribution < -0.4 is 10.6 Å². The van der Waals surface area contributed by atoms with E-state index in [0.717, 1.165) is 36.2 Å². The van der Waals surface area contributed by atoms with Gasteiger partial charge in [0, 0.05) is 24.3 Å². The number of aryl methyl sites for hydroxylation is 1. The lowest BCUT2D eigenvalue weighted by Crippen LogP contribution is -2.39. The van der Waals surface area contributed by atoms with E-state index in [0.29, 0.717) is 6.54 Å². The van der Waals surface area contributed by atoms with Crippen LogP contribution in [0.2, 0.25) is 0 Å². The Morgan fingerprint density at radius 3 is 2.94 bits per heavy atom. The average Bonchev–Trinajstić information content (AvgIpc) is 2.28. The molecule has 2 rings (SSSR count). The van der Waals surface area contributed by atoms with Crippen LogP contribution >= 0.6 is 0 Å². The number of nitrogen functional groups attached to an aromatic ring is 1. The third-order valence-corrected chi connectivity index (χ3v) is 3.18. The molecule has 1 atom stereocenters. The molecule has 17 heavy (non-hydrogen) atoms. The summed E-state index contributed by atoms with van der Waals surface area (Å²) >= 11 is 0. The van der Waals surface area contributed by atoms with E-state index < -0.39 is 0 Å². The lowest BCUT2D eigenvalue weighted by Gasteiger charge is -2.33. The maximum absolute atomic E-state index is 9.70. The molecular weight excluding hydrogens is 214 g/mol. The highest BCUT2D eigenvalue weighted by Gasteiger charge is 2.20. The number of nitrogens with two attached hydrogens (primary N) is 1. The fraction of sp³-hybridized carbons (Fsp3) is 0.462. The minimum absolute atomic E-state index is 0.0868. The van der Waals surface area contributed by atoms with Gasteiger partial charge in [0.2, 0.25) is 0 Å². The van der Waals surface area contributed by atoms with Gasteiger partial charge in [0.05, 0.1) is 6.10 Å². The number of aliphatic hydroxyl groups excluding tert-OH is 1. The van der Waals surface area contributed by atoms with Gasteiger partial charge in [-0.15, -0.1) is 0 Å². The maximum Gasteiger partial charge on any atom is 0.124 e. The number of piperidine rings is 1. The molecule has 1 aromatic rings. The van der Waals surface area contributed by atoms with Crippen LogP contribution in [-0.4, -0.2) is 30.1 Å². The first-order valence-corrected chi connectivity index (χ1v) is 5.96. The number of hydrogen-bond donors (Lipinski definition) is 3. The van der Waals surface area contributed by atoms with Gasteiger partial charge in [-0.1, -0.05) is 11.6 Å². The summed E-state index contributed by atoms with van der Waals surface area (Å²) in [4.78, 5) is 2.12. The second-order valence-electron chi connectivity index (χ2n) is 4.68. The van der Waals surface area contributed by atoms with Gasteiger partial charge in [-0.2, -0.15) is 0 Å². The summed E-state index contributed by atoms with van der Waals surface area (Å²) in [5.41, 5.74) is 8.44. The van der Waals surface area contributed by atoms with Crippen molar-refractivity contribution in [3.8, 4) is 0 Å². The molecule has 92 valence electrons. The van der Waals surface area contributed by atoms with Gasteiger partial charge >= 0.3 is 0 Å². The number of nitrogens with one attached hydrogen (secondary N) is 1. The van der Waals surface area contributed by atoms with Crippen LogP contribution in [0.15, 0.2) is 18.2 Å². The molecule has 1 fully saturated rings. The second-order valence-corrected chi connectivity index (χ2v) is 4.68. The van der Waals surface area contributed by atoms with Crippen molar-refractivity contribution in [1.82, 2.24) is 0 Å². The van der Waals surface area contributed by atoms with Crippen LogP contribution in [0, 0.1) is 12.3 Å². The molecule has 1 aliphatic heterocycles. The standard InChI is InChI=1S/C13H19N3O/c1-9-4-5-12(11(7-9)13(14)15)16-6-2-3-10(17)8-16/h4-5,7,10,17H,2-3,6,8H2,1H3,(H3,14,15). The molecule has 0 aromatic heterocycles. The Morgan fingerprint density at radius 1 is 1.53 bits per heavy atom. The van der Waals surface area contributed by atoms with Crippen LogP contribution in [0.3, 0.4) is 0 Å². The molecule has 4 nitrogen and oxygen atoms in total. The summed E-state index contributed by atoms with van der Waals surface area (Å²) in [6, 6.07) is 5.94. The largest absolute Gasteiger partial charge is 0.391 e. The minimum Gasteiger partial charge on any atom is -0.391 e. The van der Waals surface area contributed by atoms with Gasteiger partial charge in [-0.05, 0) is 31.9 Å². The topological polar surface area (TPSA) is 73.3 Å². The van der Waals surface area contributed by atoms with Gasteiger partial charge in [-0.25, -0.2) is 0 Å². The Bertz CT molecular complexity index is 431. The molecule has 0 radical (unpaired) electrons. The first kappa shape index (κ1) is 11.9. The molecular formula is C13H19N3O. The molecule has 4 heteroatoms. The lowest BCUT2D eigenvalue weighted by atomic mass is 10.0. The molecule has 1 aromatic carbocycles. The van der Waals surface area contributed by atoms with E-state index in [1.54, 1.807) is 0 Å². The number of aliphatic hydroxyl groups is 1. The van der Waals surface area contributed by atoms with Crippen molar-refractivity contribution in [3.63, 3.8) is 0 Å². The molecule has 1 aliphatic rings. The molecule has 1 heterocycles. The predicted octanol–water partition coefficient (Wildman–Crippen LogP) is 1.24. The summed E-state index contributed by atoms with van der Waals surface area (Å²) in [6.45, 7) is 3.53. The second kappa shape index (κ2) is 4.75. The summed E-state index contributed by atoms with van der Waals surface area (Å²) in [5, 5.41) is 17.3. The SMILES string of the molecule is Cc1ccc(N2CCCC(O)C2)c(C(=N)N)c1. The van der Waals surface area contributed by atoms with Crippen LogP contribution in [0.5, 0.6) is 0 Å². The van der Waals surface area contributed by atoms with E-state index >= 15 is 0 Å². The highest BCUT2D eigenvalue weighted by molar-refractivity contribution is 6.00. The van der Waals surface area contributed by atoms with E-state index in [1.165, 1.54) is 0 Å². The van der Waals surface area contributed by atoms with Crippen molar-refractivity contribution in [3.05, 3.63) is 29.3 Å². The van der Waals surface area contributed by atoms with Gasteiger partial charge < -0.3 is 15.7 Å². The third-order valence-electron chi connectivity index (χ3n) is 3.18. The monoisotopic (exact) mass is 233 g/mol. The van der Waals surface area contributed by atoms with Crippen LogP contribution in [0.25, 0.3) is 0 Å². The Labute approximate surface area is 102 Å². The van der Waals surface area contributed by atoms with E-state index in [-0.39, 0.29) is 11.9 Å². The molecule has 0 amide bonds. The molecule has 1 unspecified atom stereocenters. The summed E-state index contributed by atoms with van der Waals surface area (Å²) < 4.78 is 0. The van der Waals surface area contributed by atoms with Crippen molar-refractivity contribution in [2.45, 2.75) is 25.9 Å². The van der Waals surface area contributed by atoms with Crippen molar-refractivity contribution >= 4 is 11.5 Å². The number of hydrogen-bond acceptors (Lipinski definition) is 3. The van der Waals surface area contributed by atoms with Gasteiger partial charge in [0.15, 0.2) is 0 Å². The van der Waals surface area contributed by atoms with Gasteiger partial charge in [0.1, 0.15) is 5.84 Å². The Kier molecular flexibility index (Phi) is 3.33. The van der Waals surface area contributed by atoms with Crippen LogP contribution in [-0.2, 0) is 0 Å². The van der Waals surface area contributed by atoms with Gasteiger partial charge in [0.25, 0.3) is 0 Å². The van der Waals surface area contributed by atoms with Crippen molar-refractivity contribution in [1.29, 1.82) is 5.41 Å². The minimum atomic E-state index is -0.273. The highest BCUT2D eigenvalue weighted by Crippen LogP contribution is 2.25. The smallest absolute Gasteiger partial charge is 0.124 e. The Hall–Kier alpha value is -1.55. The third kappa shape index (κ3) is 2.58. The molecule has 0 spiro atoms. The summed E-state index contributed by atoms with van der Waals surface area (Å²) in [5.74, 6) is 0.0868. The zero-order valence-corrected chi connectivity index (χ0v) is 10.1. The fourth-order valence-corrected chi connectivity index (χ4v) is 2.31. The maximum atomic E-state index is 9.70. The average molecular weight is 233 g/mol. The number of rotatable bonds is 2. The first-order chi connectivity index (χ1) is 8.08. The van der Waals surface area contributed by atoms with Crippen molar-refractivity contribution in [2.75, 3.05) is 18.0 Å². The molecule has 4 N–H and O–H groups in total. The number of nitrogens with zero attached hydrogens (tertiary/aromatic N) is 1. The van der Waals surface area contributed by atoms with E-state index in [9.17, 15) is 5.11 Å². The van der Waals surface area contributed by atoms with E-state index in [2.05, 4.69) is 4.90 Å². The zero-order chi connectivity index (χ0) is 12.4. The molecule has 0 bridgehead atoms. The number of amidine groups is 1. The Morgan fingerprint density at radius 2 is 2.29 bits per heavy atom. The highest BCUT2D eigenvalue weighted by atomic mass is 16.3. The number of anilines is 1. The first-order valence-electron chi connectivity index (χ1n) is 5.96. The van der Waals surface area contributed by atoms with Crippen molar-refractivity contribution < 1.29 is 5.11 Å². The van der Waals surface area contributed by atoms with E-state index in [4.69, 9.17) is 11.1 Å². The summed E-state index contributed by atoms with van der Waals surface area (Å²) in [6.07, 6.45) is 1.56. The Balaban J connectivity index is 2.33. The van der Waals surface area contributed by atoms with Crippen molar-refractivity contribution in [2.24, 2.45) is 5.73 Å². The van der Waals surface area contributed by atoms with Gasteiger partial charge in [-0.3, -0.25) is 5.41 Å². The number of β-amino-alcohol motifs (C(OH)–C–C–N with tert-alkyl or cyclic N) is 1. The zero-order valence-electron chi connectivity index (χ0n) is 10.1. The quantitative estimate of drug-likeness (QED) is 0.531. The predicted molar refractivity (Wildman–Crippen MR) is 69.6 cm³/mol. The van der Waals surface area contributed by atoms with Crippen LogP contribution in [0.1, 0.15) is 24.0 Å². The lowest BCUT2D eigenvalue weighted by molar-refractivity contribution is 0.154. The van der Waals surface area contributed by atoms with Crippen LogP contribution in [0.4, 0.5) is 5.69 Å². The summed E-state index contributed by atoms with van der Waals surface area (Å²) in [7, 11) is 0.